The van der Waals surface area contributed by atoms with Crippen molar-refractivity contribution in [2.45, 2.75) is 71.6 Å². The Morgan fingerprint density at radius 1 is 1.09 bits per heavy atom. The van der Waals surface area contributed by atoms with Crippen LogP contribution in [0.2, 0.25) is 0 Å². The minimum Gasteiger partial charge on any atom is -0.480 e. The zero-order valence-electron chi connectivity index (χ0n) is 13.9. The molecule has 0 heterocycles. The molecule has 0 amide bonds. The van der Waals surface area contributed by atoms with Gasteiger partial charge in [0.1, 0.15) is 0 Å². The Labute approximate surface area is 133 Å². The van der Waals surface area contributed by atoms with E-state index in [1.165, 1.54) is 0 Å². The fourth-order valence-electron chi connectivity index (χ4n) is 5.27. The van der Waals surface area contributed by atoms with Gasteiger partial charge in [0.2, 0.25) is 0 Å². The molecule has 2 aliphatic carbocycles. The van der Waals surface area contributed by atoms with Crippen molar-refractivity contribution in [3.05, 3.63) is 0 Å². The lowest BCUT2D eigenvalue weighted by Gasteiger charge is -2.52. The van der Waals surface area contributed by atoms with E-state index < -0.39 is 17.4 Å². The number of rotatable bonds is 6. The first-order valence-corrected chi connectivity index (χ1v) is 8.95. The summed E-state index contributed by atoms with van der Waals surface area (Å²) in [5.74, 6) is -1.36. The molecule has 2 N–H and O–H groups in total. The molecule has 0 aromatic rings. The van der Waals surface area contributed by atoms with Crippen molar-refractivity contribution >= 4 is 11.9 Å². The Balaban J connectivity index is 2.39. The van der Waals surface area contributed by atoms with Crippen LogP contribution in [-0.2, 0) is 9.59 Å². The molecule has 0 aliphatic heterocycles. The molecule has 4 unspecified atom stereocenters. The van der Waals surface area contributed by atoms with Gasteiger partial charge in [0.25, 0.3) is 0 Å². The normalized spacial score (nSPS) is 33.9. The predicted octanol–water partition coefficient (Wildman–Crippen LogP) is 4.18. The molecule has 2 rings (SSSR count). The summed E-state index contributed by atoms with van der Waals surface area (Å²) in [7, 11) is 0. The number of fused-ring (bicyclic) bond motifs is 1. The van der Waals surface area contributed by atoms with Crippen LogP contribution in [0.1, 0.15) is 71.6 Å². The molecule has 126 valence electrons. The number of unbranched alkanes of at least 4 members (excludes halogenated alkanes) is 1. The van der Waals surface area contributed by atoms with E-state index >= 15 is 0 Å². The van der Waals surface area contributed by atoms with Crippen LogP contribution in [0, 0.1) is 29.1 Å². The first-order valence-electron chi connectivity index (χ1n) is 8.95. The van der Waals surface area contributed by atoms with Crippen molar-refractivity contribution in [3.63, 3.8) is 0 Å². The molecule has 0 aromatic heterocycles. The summed E-state index contributed by atoms with van der Waals surface area (Å²) in [4.78, 5) is 23.9. The minimum atomic E-state index is -1.55. The summed E-state index contributed by atoms with van der Waals surface area (Å²) < 4.78 is 0. The second-order valence-corrected chi connectivity index (χ2v) is 7.31. The van der Waals surface area contributed by atoms with Crippen LogP contribution in [0.15, 0.2) is 0 Å². The minimum absolute atomic E-state index is 0.180. The Kier molecular flexibility index (Phi) is 5.51. The van der Waals surface area contributed by atoms with Crippen LogP contribution in [0.5, 0.6) is 0 Å². The van der Waals surface area contributed by atoms with E-state index in [9.17, 15) is 19.8 Å². The average Bonchev–Trinajstić information content (AvgIpc) is 2.51. The molecular formula is C18H30O4. The fraction of sp³-hybridized carbons (Fsp3) is 0.889. The van der Waals surface area contributed by atoms with Crippen molar-refractivity contribution in [2.24, 2.45) is 29.1 Å². The highest BCUT2D eigenvalue weighted by Gasteiger charge is 2.61. The third kappa shape index (κ3) is 2.77. The van der Waals surface area contributed by atoms with E-state index in [1.807, 2.05) is 0 Å². The molecule has 0 bridgehead atoms. The van der Waals surface area contributed by atoms with Gasteiger partial charge in [-0.1, -0.05) is 46.0 Å². The highest BCUT2D eigenvalue weighted by atomic mass is 16.4. The molecular weight excluding hydrogens is 280 g/mol. The van der Waals surface area contributed by atoms with Gasteiger partial charge in [0.05, 0.1) is 0 Å². The van der Waals surface area contributed by atoms with Gasteiger partial charge in [-0.25, -0.2) is 0 Å². The quantitative estimate of drug-likeness (QED) is 0.721. The number of carbonyl (C=O) groups is 2. The predicted molar refractivity (Wildman–Crippen MR) is 84.6 cm³/mol. The Morgan fingerprint density at radius 3 is 2.27 bits per heavy atom. The van der Waals surface area contributed by atoms with E-state index in [2.05, 4.69) is 13.8 Å². The van der Waals surface area contributed by atoms with Crippen LogP contribution in [0.3, 0.4) is 0 Å². The second-order valence-electron chi connectivity index (χ2n) is 7.31. The van der Waals surface area contributed by atoms with Crippen LogP contribution in [-0.4, -0.2) is 22.2 Å². The number of hydrogen-bond acceptors (Lipinski definition) is 2. The highest BCUT2D eigenvalue weighted by Crippen LogP contribution is 2.57. The lowest BCUT2D eigenvalue weighted by atomic mass is 9.50. The molecule has 2 saturated carbocycles. The van der Waals surface area contributed by atoms with Crippen molar-refractivity contribution in [1.29, 1.82) is 0 Å². The molecule has 4 atom stereocenters. The van der Waals surface area contributed by atoms with Gasteiger partial charge in [-0.2, -0.15) is 0 Å². The summed E-state index contributed by atoms with van der Waals surface area (Å²) in [6, 6.07) is 0. The molecule has 22 heavy (non-hydrogen) atoms. The summed E-state index contributed by atoms with van der Waals surface area (Å²) in [5, 5.41) is 19.6. The van der Waals surface area contributed by atoms with Crippen LogP contribution in [0.25, 0.3) is 0 Å². The van der Waals surface area contributed by atoms with Crippen molar-refractivity contribution in [3.8, 4) is 0 Å². The van der Waals surface area contributed by atoms with E-state index in [0.717, 1.165) is 51.4 Å². The van der Waals surface area contributed by atoms with Gasteiger partial charge in [0, 0.05) is 0 Å². The molecule has 2 aliphatic rings. The number of carboxylic acid groups (broad SMARTS) is 2. The van der Waals surface area contributed by atoms with Crippen molar-refractivity contribution in [2.75, 3.05) is 0 Å². The maximum Gasteiger partial charge on any atom is 0.321 e. The standard InChI is InChI=1S/C18H30O4/c1-3-5-8-13-12(4-2)11-18(16(19)20,17(21)22)15-10-7-6-9-14(13)15/h12-15H,3-11H2,1-2H3,(H,19,20)(H,21,22). The average molecular weight is 310 g/mol. The van der Waals surface area contributed by atoms with Gasteiger partial charge in [-0.15, -0.1) is 0 Å². The van der Waals surface area contributed by atoms with Crippen LogP contribution >= 0.6 is 0 Å². The SMILES string of the molecule is CCCCC1C(CC)CC(C(=O)O)(C(=O)O)C2CCCCC12. The van der Waals surface area contributed by atoms with E-state index in [0.29, 0.717) is 12.3 Å². The Morgan fingerprint density at radius 2 is 1.73 bits per heavy atom. The number of aliphatic carboxylic acids is 2. The topological polar surface area (TPSA) is 74.6 Å². The van der Waals surface area contributed by atoms with Crippen molar-refractivity contribution < 1.29 is 19.8 Å². The van der Waals surface area contributed by atoms with Gasteiger partial charge in [-0.3, -0.25) is 9.59 Å². The lowest BCUT2D eigenvalue weighted by Crippen LogP contribution is -2.56. The summed E-state index contributed by atoms with van der Waals surface area (Å²) in [5.41, 5.74) is -1.55. The van der Waals surface area contributed by atoms with Gasteiger partial charge in [0.15, 0.2) is 5.41 Å². The summed E-state index contributed by atoms with van der Waals surface area (Å²) >= 11 is 0. The van der Waals surface area contributed by atoms with Gasteiger partial charge in [-0.05, 0) is 49.4 Å². The third-order valence-corrected chi connectivity index (χ3v) is 6.37. The monoisotopic (exact) mass is 310 g/mol. The molecule has 4 nitrogen and oxygen atoms in total. The fourth-order valence-corrected chi connectivity index (χ4v) is 5.27. The molecule has 0 spiro atoms. The Bertz CT molecular complexity index is 403. The smallest absolute Gasteiger partial charge is 0.321 e. The first-order chi connectivity index (χ1) is 10.5. The molecule has 0 saturated heterocycles. The maximum absolute atomic E-state index is 12.0. The Hall–Kier alpha value is -1.06. The zero-order valence-corrected chi connectivity index (χ0v) is 13.9. The maximum atomic E-state index is 12.0. The lowest BCUT2D eigenvalue weighted by molar-refractivity contribution is -0.183. The number of carboxylic acids is 2. The first kappa shape index (κ1) is 17.3. The largest absolute Gasteiger partial charge is 0.480 e. The van der Waals surface area contributed by atoms with Crippen molar-refractivity contribution in [1.82, 2.24) is 0 Å². The molecule has 0 aromatic carbocycles. The van der Waals surface area contributed by atoms with Crippen LogP contribution < -0.4 is 0 Å². The summed E-state index contributed by atoms with van der Waals surface area (Å²) in [6.07, 6.45) is 8.52. The zero-order chi connectivity index (χ0) is 16.3. The van der Waals surface area contributed by atoms with Gasteiger partial charge < -0.3 is 10.2 Å². The molecule has 0 radical (unpaired) electrons. The van der Waals surface area contributed by atoms with E-state index in [4.69, 9.17) is 0 Å². The number of hydrogen-bond donors (Lipinski definition) is 2. The van der Waals surface area contributed by atoms with E-state index in [1.54, 1.807) is 0 Å². The second kappa shape index (κ2) is 7.01. The van der Waals surface area contributed by atoms with Gasteiger partial charge >= 0.3 is 11.9 Å². The van der Waals surface area contributed by atoms with Crippen LogP contribution in [0.4, 0.5) is 0 Å². The highest BCUT2D eigenvalue weighted by molar-refractivity contribution is 5.98. The van der Waals surface area contributed by atoms with E-state index in [-0.39, 0.29) is 17.8 Å². The molecule has 2 fully saturated rings. The summed E-state index contributed by atoms with van der Waals surface area (Å²) in [6.45, 7) is 4.27. The molecule has 4 heteroatoms. The third-order valence-electron chi connectivity index (χ3n) is 6.37.